The summed E-state index contributed by atoms with van der Waals surface area (Å²) < 4.78 is 4.48. The molecule has 0 aromatic rings. The van der Waals surface area contributed by atoms with E-state index in [4.69, 9.17) is 0 Å². The second kappa shape index (κ2) is 6.12. The summed E-state index contributed by atoms with van der Waals surface area (Å²) in [7, 11) is 1.24. The third-order valence-electron chi connectivity index (χ3n) is 1.65. The minimum atomic E-state index is -0.721. The highest BCUT2D eigenvalue weighted by Crippen LogP contribution is 2.00. The molecule has 80 valence electrons. The first-order valence-electron chi connectivity index (χ1n) is 4.31. The van der Waals surface area contributed by atoms with Crippen molar-refractivity contribution in [2.24, 2.45) is 0 Å². The number of esters is 1. The molecule has 0 aromatic heterocycles. The van der Waals surface area contributed by atoms with Gasteiger partial charge >= 0.3 is 5.97 Å². The number of carbonyl (C=O) groups excluding carboxylic acids is 3. The van der Waals surface area contributed by atoms with Gasteiger partial charge in [0.2, 0.25) is 5.91 Å². The molecule has 0 rings (SSSR count). The molecule has 1 atom stereocenters. The van der Waals surface area contributed by atoms with Crippen molar-refractivity contribution in [1.29, 1.82) is 0 Å². The van der Waals surface area contributed by atoms with Crippen LogP contribution in [0.15, 0.2) is 0 Å². The lowest BCUT2D eigenvalue weighted by atomic mass is 10.1. The summed E-state index contributed by atoms with van der Waals surface area (Å²) in [5, 5.41) is 2.42. The number of Topliss-reactive ketones (excluding diaryl/α,β-unsaturated/α-hetero) is 1. The van der Waals surface area contributed by atoms with E-state index in [1.54, 1.807) is 0 Å². The number of carbonyl (C=O) groups is 3. The molecule has 0 fully saturated rings. The lowest BCUT2D eigenvalue weighted by molar-refractivity contribution is -0.145. The summed E-state index contributed by atoms with van der Waals surface area (Å²) in [5.74, 6) is -0.866. The number of nitrogens with one attached hydrogen (secondary N) is 1. The highest BCUT2D eigenvalue weighted by atomic mass is 16.5. The fraction of sp³-hybridized carbons (Fsp3) is 0.667. The van der Waals surface area contributed by atoms with Crippen LogP contribution in [0.3, 0.4) is 0 Å². The molecule has 1 amide bonds. The molecule has 1 unspecified atom stereocenters. The average Bonchev–Trinajstić information content (AvgIpc) is 2.10. The average molecular weight is 201 g/mol. The maximum absolute atomic E-state index is 11.1. The molecule has 0 radical (unpaired) electrons. The van der Waals surface area contributed by atoms with E-state index in [1.165, 1.54) is 21.0 Å². The second-order valence-electron chi connectivity index (χ2n) is 3.02. The van der Waals surface area contributed by atoms with Crippen molar-refractivity contribution in [2.45, 2.75) is 32.7 Å². The van der Waals surface area contributed by atoms with Crippen molar-refractivity contribution >= 4 is 17.7 Å². The highest BCUT2D eigenvalue weighted by molar-refractivity contribution is 5.84. The van der Waals surface area contributed by atoms with Crippen LogP contribution in [0.25, 0.3) is 0 Å². The molecular weight excluding hydrogens is 186 g/mol. The van der Waals surface area contributed by atoms with Crippen molar-refractivity contribution < 1.29 is 19.1 Å². The molecule has 0 heterocycles. The summed E-state index contributed by atoms with van der Waals surface area (Å²) >= 11 is 0. The first-order chi connectivity index (χ1) is 6.47. The molecule has 0 aliphatic rings. The van der Waals surface area contributed by atoms with Crippen LogP contribution in [0.1, 0.15) is 26.7 Å². The topological polar surface area (TPSA) is 72.5 Å². The number of ketones is 1. The molecular formula is C9H15NO4. The smallest absolute Gasteiger partial charge is 0.328 e. The van der Waals surface area contributed by atoms with Gasteiger partial charge in [0.05, 0.1) is 7.11 Å². The van der Waals surface area contributed by atoms with Gasteiger partial charge in [0.25, 0.3) is 0 Å². The Morgan fingerprint density at radius 2 is 1.86 bits per heavy atom. The number of methoxy groups -OCH3 is 1. The van der Waals surface area contributed by atoms with Crippen molar-refractivity contribution in [2.75, 3.05) is 7.11 Å². The van der Waals surface area contributed by atoms with E-state index in [9.17, 15) is 14.4 Å². The Labute approximate surface area is 82.8 Å². The van der Waals surface area contributed by atoms with Crippen LogP contribution in [-0.4, -0.2) is 30.8 Å². The van der Waals surface area contributed by atoms with Crippen molar-refractivity contribution in [3.8, 4) is 0 Å². The van der Waals surface area contributed by atoms with Crippen molar-refractivity contribution in [1.82, 2.24) is 5.32 Å². The Balaban J connectivity index is 4.17. The third kappa shape index (κ3) is 5.29. The molecule has 14 heavy (non-hydrogen) atoms. The number of ether oxygens (including phenoxy) is 1. The number of hydrogen-bond donors (Lipinski definition) is 1. The molecule has 5 heteroatoms. The summed E-state index contributed by atoms with van der Waals surface area (Å²) in [6, 6.07) is -0.721. The van der Waals surface area contributed by atoms with E-state index >= 15 is 0 Å². The van der Waals surface area contributed by atoms with Crippen molar-refractivity contribution in [3.05, 3.63) is 0 Å². The van der Waals surface area contributed by atoms with Gasteiger partial charge in [-0.2, -0.15) is 0 Å². The molecule has 0 aromatic carbocycles. The monoisotopic (exact) mass is 201 g/mol. The molecule has 0 spiro atoms. The van der Waals surface area contributed by atoms with Crippen LogP contribution in [0.5, 0.6) is 0 Å². The zero-order valence-electron chi connectivity index (χ0n) is 8.62. The lowest BCUT2D eigenvalue weighted by Gasteiger charge is -2.14. The van der Waals surface area contributed by atoms with Gasteiger partial charge in [-0.1, -0.05) is 0 Å². The normalized spacial score (nSPS) is 11.6. The van der Waals surface area contributed by atoms with Crippen LogP contribution in [0.4, 0.5) is 0 Å². The minimum absolute atomic E-state index is 0.0238. The van der Waals surface area contributed by atoms with Gasteiger partial charge in [-0.15, -0.1) is 0 Å². The zero-order chi connectivity index (χ0) is 11.1. The summed E-state index contributed by atoms with van der Waals surface area (Å²) in [6.07, 6.45) is 0.529. The van der Waals surface area contributed by atoms with E-state index in [2.05, 4.69) is 10.1 Å². The van der Waals surface area contributed by atoms with E-state index in [0.717, 1.165) is 0 Å². The molecule has 0 bridgehead atoms. The van der Waals surface area contributed by atoms with Crippen molar-refractivity contribution in [3.63, 3.8) is 0 Å². The van der Waals surface area contributed by atoms with Gasteiger partial charge in [0, 0.05) is 13.3 Å². The third-order valence-corrected chi connectivity index (χ3v) is 1.65. The van der Waals surface area contributed by atoms with Gasteiger partial charge in [0.15, 0.2) is 0 Å². The van der Waals surface area contributed by atoms with Gasteiger partial charge in [-0.25, -0.2) is 4.79 Å². The first kappa shape index (κ1) is 12.6. The SMILES string of the molecule is COC(=O)C(CCC(C)=O)NC(C)=O. The summed E-state index contributed by atoms with van der Waals surface area (Å²) in [6.45, 7) is 2.74. The molecule has 0 saturated carbocycles. The number of hydrogen-bond acceptors (Lipinski definition) is 4. The first-order valence-corrected chi connectivity index (χ1v) is 4.31. The summed E-state index contributed by atoms with van der Waals surface area (Å²) in [4.78, 5) is 32.5. The predicted molar refractivity (Wildman–Crippen MR) is 49.5 cm³/mol. The molecule has 0 saturated heterocycles. The maximum atomic E-state index is 11.1. The molecule has 0 aliphatic carbocycles. The highest BCUT2D eigenvalue weighted by Gasteiger charge is 2.19. The Morgan fingerprint density at radius 3 is 2.21 bits per heavy atom. The Morgan fingerprint density at radius 1 is 1.29 bits per heavy atom. The molecule has 1 N–H and O–H groups in total. The van der Waals surface area contributed by atoms with Crippen LogP contribution >= 0.6 is 0 Å². The maximum Gasteiger partial charge on any atom is 0.328 e. The van der Waals surface area contributed by atoms with E-state index < -0.39 is 12.0 Å². The van der Waals surface area contributed by atoms with E-state index in [-0.39, 0.29) is 24.5 Å². The fourth-order valence-corrected chi connectivity index (χ4v) is 0.984. The molecule has 5 nitrogen and oxygen atoms in total. The lowest BCUT2D eigenvalue weighted by Crippen LogP contribution is -2.40. The Kier molecular flexibility index (Phi) is 5.52. The largest absolute Gasteiger partial charge is 0.467 e. The number of amides is 1. The van der Waals surface area contributed by atoms with Crippen LogP contribution in [0.2, 0.25) is 0 Å². The summed E-state index contributed by atoms with van der Waals surface area (Å²) in [5.41, 5.74) is 0. The Hall–Kier alpha value is -1.39. The predicted octanol–water partition coefficient (Wildman–Crippen LogP) is 0.0333. The van der Waals surface area contributed by atoms with Gasteiger partial charge in [-0.05, 0) is 13.3 Å². The number of rotatable bonds is 5. The van der Waals surface area contributed by atoms with Gasteiger partial charge < -0.3 is 14.8 Å². The fourth-order valence-electron chi connectivity index (χ4n) is 0.984. The van der Waals surface area contributed by atoms with E-state index in [0.29, 0.717) is 0 Å². The standard InChI is InChI=1S/C9H15NO4/c1-6(11)4-5-8(9(13)14-3)10-7(2)12/h8H,4-5H2,1-3H3,(H,10,12). The zero-order valence-corrected chi connectivity index (χ0v) is 8.62. The van der Waals surface area contributed by atoms with Crippen LogP contribution < -0.4 is 5.32 Å². The van der Waals surface area contributed by atoms with Gasteiger partial charge in [-0.3, -0.25) is 4.79 Å². The second-order valence-corrected chi connectivity index (χ2v) is 3.02. The van der Waals surface area contributed by atoms with E-state index in [1.807, 2.05) is 0 Å². The quantitative estimate of drug-likeness (QED) is 0.637. The Bertz CT molecular complexity index is 237. The minimum Gasteiger partial charge on any atom is -0.467 e. The van der Waals surface area contributed by atoms with Crippen LogP contribution in [0, 0.1) is 0 Å². The molecule has 0 aliphatic heterocycles. The van der Waals surface area contributed by atoms with Crippen LogP contribution in [-0.2, 0) is 19.1 Å². The van der Waals surface area contributed by atoms with Gasteiger partial charge in [0.1, 0.15) is 11.8 Å².